The van der Waals surface area contributed by atoms with Gasteiger partial charge in [-0.15, -0.1) is 0 Å². The molecule has 576 valence electrons. The van der Waals surface area contributed by atoms with Crippen LogP contribution in [0.2, 0.25) is 0 Å². The van der Waals surface area contributed by atoms with Gasteiger partial charge in [-0.25, -0.2) is 9.13 Å². The second-order valence-corrected chi connectivity index (χ2v) is 28.8. The first-order chi connectivity index (χ1) is 48.7. The molecule has 0 amide bonds. The Balaban J connectivity index is 5.35. The monoisotopic (exact) mass is 1450 g/mol. The van der Waals surface area contributed by atoms with Gasteiger partial charge in [0.15, 0.2) is 12.2 Å². The predicted octanol–water partition coefficient (Wildman–Crippen LogP) is 22.6. The molecule has 0 radical (unpaired) electrons. The maximum Gasteiger partial charge on any atom is 0.472 e. The fourth-order valence-electron chi connectivity index (χ4n) is 10.3. The molecule has 0 aromatic carbocycles. The first kappa shape index (κ1) is 95.7. The normalized spacial score (nSPS) is 14.5. The lowest BCUT2D eigenvalue weighted by Gasteiger charge is -2.21. The lowest BCUT2D eigenvalue weighted by atomic mass is 10.0. The summed E-state index contributed by atoms with van der Waals surface area (Å²) in [7, 11) is -9.96. The van der Waals surface area contributed by atoms with Crippen molar-refractivity contribution in [3.05, 3.63) is 109 Å². The van der Waals surface area contributed by atoms with Gasteiger partial charge in [0.2, 0.25) is 0 Å². The molecule has 100 heavy (non-hydrogen) atoms. The van der Waals surface area contributed by atoms with Crippen LogP contribution in [-0.4, -0.2) is 96.7 Å². The van der Waals surface area contributed by atoms with Crippen LogP contribution in [-0.2, 0) is 65.4 Å². The predicted molar refractivity (Wildman–Crippen MR) is 408 cm³/mol. The minimum atomic E-state index is -4.98. The van der Waals surface area contributed by atoms with Crippen LogP contribution in [0.4, 0.5) is 0 Å². The van der Waals surface area contributed by atoms with E-state index in [1.165, 1.54) is 77.0 Å². The van der Waals surface area contributed by atoms with Gasteiger partial charge < -0.3 is 33.8 Å². The van der Waals surface area contributed by atoms with Crippen molar-refractivity contribution in [1.29, 1.82) is 0 Å². The molecule has 17 nitrogen and oxygen atoms in total. The zero-order valence-corrected chi connectivity index (χ0v) is 64.6. The molecular weight excluding hydrogens is 1310 g/mol. The van der Waals surface area contributed by atoms with Crippen molar-refractivity contribution in [2.24, 2.45) is 0 Å². The van der Waals surface area contributed by atoms with E-state index in [9.17, 15) is 43.2 Å². The summed E-state index contributed by atoms with van der Waals surface area (Å²) in [6, 6.07) is 0. The third-order valence-corrected chi connectivity index (χ3v) is 18.1. The lowest BCUT2D eigenvalue weighted by molar-refractivity contribution is -0.161. The Morgan fingerprint density at radius 3 is 0.840 bits per heavy atom. The molecule has 3 N–H and O–H groups in total. The molecule has 0 spiro atoms. The minimum absolute atomic E-state index is 0.0777. The van der Waals surface area contributed by atoms with Crippen LogP contribution >= 0.6 is 15.6 Å². The third-order valence-electron chi connectivity index (χ3n) is 16.2. The van der Waals surface area contributed by atoms with E-state index < -0.39 is 97.5 Å². The average Bonchev–Trinajstić information content (AvgIpc) is 0.989. The standard InChI is InChI=1S/C81H140O17P2/c1-5-9-13-17-21-25-29-32-35-37-40-42-46-49-53-57-61-65-78(83)91-71-76(97-80(85)67-63-59-55-51-45-28-24-20-16-12-8-4)73-95-99(87,88)93-69-75(82)70-94-100(89,90)96-74-77(98-81(86)68-64-60-56-52-48-44-39-34-31-27-23-19-15-11-7-3)72-92-79(84)66-62-58-54-50-47-43-41-38-36-33-30-26-22-18-14-10-6-2/h9-10,13-14,20-22,24-26,32-33,35-36,40-43,75-77,82H,5-8,11-12,15-19,23,27-31,34,37-39,44-74H2,1-4H3,(H,87,88)(H,89,90)/b13-9-,14-10-,24-20-,25-21-,26-22-,35-32-,36-33-,42-40-,43-41-. The second-order valence-electron chi connectivity index (χ2n) is 25.9. The molecule has 0 aromatic heterocycles. The molecule has 5 atom stereocenters. The van der Waals surface area contributed by atoms with Crippen LogP contribution in [0.3, 0.4) is 0 Å². The number of ether oxygens (including phenoxy) is 4. The van der Waals surface area contributed by atoms with Crippen molar-refractivity contribution >= 4 is 39.5 Å². The number of phosphoric acid groups is 2. The molecule has 0 aromatic rings. The van der Waals surface area contributed by atoms with Crippen molar-refractivity contribution in [3.63, 3.8) is 0 Å². The fraction of sp³-hybridized carbons (Fsp3) is 0.728. The molecule has 0 saturated carbocycles. The molecule has 0 heterocycles. The highest BCUT2D eigenvalue weighted by molar-refractivity contribution is 7.47. The van der Waals surface area contributed by atoms with Gasteiger partial charge in [-0.2, -0.15) is 0 Å². The van der Waals surface area contributed by atoms with Crippen molar-refractivity contribution in [2.45, 2.75) is 341 Å². The Labute approximate surface area is 607 Å². The summed E-state index contributed by atoms with van der Waals surface area (Å²) in [6.07, 6.45) is 77.9. The quantitative estimate of drug-likeness (QED) is 0.0169. The Hall–Kier alpha value is -4.28. The van der Waals surface area contributed by atoms with Crippen LogP contribution in [0.15, 0.2) is 109 Å². The Morgan fingerprint density at radius 1 is 0.290 bits per heavy atom. The smallest absolute Gasteiger partial charge is 0.462 e. The Morgan fingerprint density at radius 2 is 0.530 bits per heavy atom. The topological polar surface area (TPSA) is 237 Å². The molecule has 0 bridgehead atoms. The van der Waals surface area contributed by atoms with Crippen LogP contribution < -0.4 is 0 Å². The van der Waals surface area contributed by atoms with Gasteiger partial charge in [0.05, 0.1) is 26.4 Å². The van der Waals surface area contributed by atoms with Crippen LogP contribution in [0.1, 0.15) is 323 Å². The van der Waals surface area contributed by atoms with Crippen LogP contribution in [0, 0.1) is 0 Å². The number of allylic oxidation sites excluding steroid dienone is 18. The van der Waals surface area contributed by atoms with Gasteiger partial charge in [0.25, 0.3) is 0 Å². The molecule has 19 heteroatoms. The van der Waals surface area contributed by atoms with Gasteiger partial charge in [0, 0.05) is 25.7 Å². The Kier molecular flexibility index (Phi) is 69.9. The first-order valence-electron chi connectivity index (χ1n) is 39.1. The molecule has 0 fully saturated rings. The van der Waals surface area contributed by atoms with Gasteiger partial charge in [0.1, 0.15) is 19.3 Å². The van der Waals surface area contributed by atoms with E-state index in [0.29, 0.717) is 25.7 Å². The largest absolute Gasteiger partial charge is 0.472 e. The maximum absolute atomic E-state index is 13.1. The summed E-state index contributed by atoms with van der Waals surface area (Å²) < 4.78 is 68.5. The molecule has 0 aliphatic carbocycles. The fourth-order valence-corrected chi connectivity index (χ4v) is 11.9. The number of carbonyl (C=O) groups excluding carboxylic acids is 4. The van der Waals surface area contributed by atoms with Crippen molar-refractivity contribution in [2.75, 3.05) is 39.6 Å². The summed E-state index contributed by atoms with van der Waals surface area (Å²) in [5, 5.41) is 10.6. The number of esters is 4. The van der Waals surface area contributed by atoms with E-state index in [-0.39, 0.29) is 25.7 Å². The molecular formula is C81H140O17P2. The zero-order valence-electron chi connectivity index (χ0n) is 62.8. The van der Waals surface area contributed by atoms with Crippen LogP contribution in [0.5, 0.6) is 0 Å². The average molecular weight is 1450 g/mol. The van der Waals surface area contributed by atoms with Crippen molar-refractivity contribution < 1.29 is 80.2 Å². The number of aliphatic hydroxyl groups is 1. The highest BCUT2D eigenvalue weighted by atomic mass is 31.2. The number of hydrogen-bond acceptors (Lipinski definition) is 15. The van der Waals surface area contributed by atoms with E-state index in [4.69, 9.17) is 37.0 Å². The number of carbonyl (C=O) groups is 4. The summed E-state index contributed by atoms with van der Waals surface area (Å²) >= 11 is 0. The number of rotatable bonds is 73. The van der Waals surface area contributed by atoms with Gasteiger partial charge in [-0.1, -0.05) is 285 Å². The van der Waals surface area contributed by atoms with Crippen molar-refractivity contribution in [1.82, 2.24) is 0 Å². The molecule has 0 aliphatic rings. The molecule has 5 unspecified atom stereocenters. The highest BCUT2D eigenvalue weighted by Crippen LogP contribution is 2.45. The third kappa shape index (κ3) is 72.1. The number of phosphoric ester groups is 2. The van der Waals surface area contributed by atoms with E-state index >= 15 is 0 Å². The summed E-state index contributed by atoms with van der Waals surface area (Å²) in [6.45, 7) is 4.57. The highest BCUT2D eigenvalue weighted by Gasteiger charge is 2.30. The summed E-state index contributed by atoms with van der Waals surface area (Å²) in [4.78, 5) is 72.9. The molecule has 0 rings (SSSR count). The maximum atomic E-state index is 13.1. The van der Waals surface area contributed by atoms with Crippen LogP contribution in [0.25, 0.3) is 0 Å². The van der Waals surface area contributed by atoms with Gasteiger partial charge in [-0.05, 0) is 122 Å². The van der Waals surface area contributed by atoms with E-state index in [1.54, 1.807) is 0 Å². The van der Waals surface area contributed by atoms with E-state index in [1.807, 2.05) is 0 Å². The lowest BCUT2D eigenvalue weighted by Crippen LogP contribution is -2.30. The molecule has 0 aliphatic heterocycles. The zero-order chi connectivity index (χ0) is 73.2. The van der Waals surface area contributed by atoms with Crippen molar-refractivity contribution in [3.8, 4) is 0 Å². The SMILES string of the molecule is CC/C=C\C/C=C\C/C=C\C/C=C\CCCCCCC(=O)OCC(COP(=O)(O)OCC(O)COP(=O)(O)OCC(COC(=O)CCCCCC/C=C\C/C=C\C/C=C\C/C=C\CC)OC(=O)CCCCCCCCCCCCCCCCC)OC(=O)CCCCCCC/C=C\CCCC. The Bertz CT molecular complexity index is 2320. The van der Waals surface area contributed by atoms with Gasteiger partial charge in [-0.3, -0.25) is 37.3 Å². The summed E-state index contributed by atoms with van der Waals surface area (Å²) in [5.41, 5.74) is 0. The minimum Gasteiger partial charge on any atom is -0.462 e. The van der Waals surface area contributed by atoms with E-state index in [0.717, 1.165) is 167 Å². The van der Waals surface area contributed by atoms with E-state index in [2.05, 4.69) is 137 Å². The first-order valence-corrected chi connectivity index (χ1v) is 42.1. The number of unbranched alkanes of at least 4 members (excludes halogenated alkanes) is 29. The van der Waals surface area contributed by atoms with Gasteiger partial charge >= 0.3 is 39.5 Å². The number of aliphatic hydroxyl groups excluding tert-OH is 1. The summed E-state index contributed by atoms with van der Waals surface area (Å²) in [5.74, 6) is -2.23. The molecule has 0 saturated heterocycles. The number of hydrogen-bond donors (Lipinski definition) is 3. The second kappa shape index (κ2) is 73.0.